The number of hydrogen-bond acceptors (Lipinski definition) is 7. The van der Waals surface area contributed by atoms with Crippen molar-refractivity contribution < 1.29 is 27.2 Å². The highest BCUT2D eigenvalue weighted by molar-refractivity contribution is 7.89. The molecule has 11 heteroatoms. The summed E-state index contributed by atoms with van der Waals surface area (Å²) in [6.45, 7) is 5.55. The van der Waals surface area contributed by atoms with Crippen LogP contribution in [0, 0.1) is 6.92 Å². The zero-order valence-electron chi connectivity index (χ0n) is 19.1. The fraction of sp³-hybridized carbons (Fsp3) is 0.391. The normalized spacial score (nSPS) is 20.1. The topological polar surface area (TPSA) is 121 Å². The van der Waals surface area contributed by atoms with E-state index >= 15 is 0 Å². The Morgan fingerprint density at radius 3 is 2.47 bits per heavy atom. The molecule has 2 amide bonds. The number of carbonyl (C=O) groups excluding carboxylic acids is 2. The van der Waals surface area contributed by atoms with E-state index in [1.165, 1.54) is 10.6 Å². The zero-order valence-corrected chi connectivity index (χ0v) is 19.9. The van der Waals surface area contributed by atoms with Crippen LogP contribution in [0.1, 0.15) is 24.3 Å². The van der Waals surface area contributed by atoms with E-state index in [0.717, 1.165) is 5.56 Å². The number of amides is 2. The number of carbonyl (C=O) groups is 2. The Kier molecular flexibility index (Phi) is 7.05. The average molecular weight is 489 g/mol. The molecule has 4 rings (SSSR count). The molecule has 1 aromatic carbocycles. The summed E-state index contributed by atoms with van der Waals surface area (Å²) in [6.07, 6.45) is 1.47. The Morgan fingerprint density at radius 2 is 1.85 bits per heavy atom. The van der Waals surface area contributed by atoms with Crippen molar-refractivity contribution in [2.45, 2.75) is 24.8 Å². The van der Waals surface area contributed by atoms with E-state index in [1.54, 1.807) is 43.3 Å². The number of aryl methyl sites for hydroxylation is 1. The predicted molar refractivity (Wildman–Crippen MR) is 123 cm³/mol. The lowest BCUT2D eigenvalue weighted by Crippen LogP contribution is -2.52. The fourth-order valence-electron chi connectivity index (χ4n) is 4.07. The van der Waals surface area contributed by atoms with Gasteiger partial charge in [-0.3, -0.25) is 4.90 Å². The number of benzene rings is 1. The molecule has 0 radical (unpaired) electrons. The Morgan fingerprint density at radius 1 is 1.15 bits per heavy atom. The number of nitrogens with one attached hydrogen (secondary N) is 2. The molecule has 3 heterocycles. The van der Waals surface area contributed by atoms with E-state index in [4.69, 9.17) is 9.15 Å². The first-order valence-electron chi connectivity index (χ1n) is 11.1. The Labute approximate surface area is 198 Å². The summed E-state index contributed by atoms with van der Waals surface area (Å²) in [5.74, 6) is -0.128. The van der Waals surface area contributed by atoms with Gasteiger partial charge in [0.1, 0.15) is 11.8 Å². The van der Waals surface area contributed by atoms with Crippen molar-refractivity contribution >= 4 is 22.0 Å². The smallest absolute Gasteiger partial charge is 0.338 e. The lowest BCUT2D eigenvalue weighted by molar-refractivity contribution is -0.139. The van der Waals surface area contributed by atoms with Crippen LogP contribution < -0.4 is 10.6 Å². The minimum Gasteiger partial charge on any atom is -0.467 e. The highest BCUT2D eigenvalue weighted by atomic mass is 32.2. The molecular formula is C23H28N4O6S. The van der Waals surface area contributed by atoms with Gasteiger partial charge in [0.25, 0.3) is 0 Å². The van der Waals surface area contributed by atoms with Gasteiger partial charge in [-0.2, -0.15) is 4.31 Å². The molecule has 34 heavy (non-hydrogen) atoms. The van der Waals surface area contributed by atoms with Crippen LogP contribution in [0.2, 0.25) is 0 Å². The number of ether oxygens (including phenoxy) is 1. The quantitative estimate of drug-likeness (QED) is 0.570. The molecule has 1 aromatic heterocycles. The summed E-state index contributed by atoms with van der Waals surface area (Å²) in [5, 5.41) is 5.45. The Balaban J connectivity index is 1.51. The number of hydrogen-bond donors (Lipinski definition) is 2. The van der Waals surface area contributed by atoms with Crippen molar-refractivity contribution in [3.8, 4) is 0 Å². The van der Waals surface area contributed by atoms with Crippen molar-refractivity contribution in [2.75, 3.05) is 39.3 Å². The second-order valence-corrected chi connectivity index (χ2v) is 10.1. The van der Waals surface area contributed by atoms with Crippen molar-refractivity contribution in [3.63, 3.8) is 0 Å². The molecule has 0 saturated carbocycles. The highest BCUT2D eigenvalue weighted by Crippen LogP contribution is 2.29. The first-order valence-corrected chi connectivity index (χ1v) is 12.5. The monoisotopic (exact) mass is 488 g/mol. The molecule has 2 aliphatic heterocycles. The summed E-state index contributed by atoms with van der Waals surface area (Å²) in [6, 6.07) is 8.93. The third-order valence-electron chi connectivity index (χ3n) is 5.85. The van der Waals surface area contributed by atoms with Gasteiger partial charge in [-0.25, -0.2) is 18.0 Å². The van der Waals surface area contributed by atoms with E-state index < -0.39 is 28.1 Å². The second-order valence-electron chi connectivity index (χ2n) is 8.15. The number of urea groups is 1. The van der Waals surface area contributed by atoms with Crippen LogP contribution in [0.4, 0.5) is 4.79 Å². The van der Waals surface area contributed by atoms with Gasteiger partial charge in [-0.15, -0.1) is 0 Å². The third-order valence-corrected chi connectivity index (χ3v) is 7.76. The summed E-state index contributed by atoms with van der Waals surface area (Å²) >= 11 is 0. The number of rotatable bonds is 7. The van der Waals surface area contributed by atoms with Crippen molar-refractivity contribution in [3.05, 3.63) is 65.3 Å². The first kappa shape index (κ1) is 24.0. The summed E-state index contributed by atoms with van der Waals surface area (Å²) in [7, 11) is -3.59. The molecule has 2 aliphatic rings. The van der Waals surface area contributed by atoms with Crippen LogP contribution in [-0.2, 0) is 19.6 Å². The summed E-state index contributed by atoms with van der Waals surface area (Å²) < 4.78 is 38.1. The summed E-state index contributed by atoms with van der Waals surface area (Å²) in [4.78, 5) is 27.4. The fourth-order valence-corrected chi connectivity index (χ4v) is 5.49. The van der Waals surface area contributed by atoms with Crippen molar-refractivity contribution in [1.29, 1.82) is 0 Å². The third kappa shape index (κ3) is 5.01. The number of esters is 1. The molecule has 0 bridgehead atoms. The van der Waals surface area contributed by atoms with E-state index in [9.17, 15) is 18.0 Å². The van der Waals surface area contributed by atoms with Gasteiger partial charge >= 0.3 is 12.0 Å². The van der Waals surface area contributed by atoms with Gasteiger partial charge in [0, 0.05) is 38.4 Å². The molecule has 182 valence electrons. The standard InChI is InChI=1S/C23H28N4O6S/c1-3-32-22(28)20-18(24-23(29)25-21(20)19-5-4-14-33-19)15-26-10-12-27(13-11-26)34(30,31)17-8-6-16(2)7-9-17/h4-9,14,21H,3,10-13,15H2,1-2H3,(H2,24,25,29). The van der Waals surface area contributed by atoms with Crippen molar-refractivity contribution in [2.24, 2.45) is 0 Å². The van der Waals surface area contributed by atoms with E-state index in [1.807, 2.05) is 11.8 Å². The van der Waals surface area contributed by atoms with Crippen molar-refractivity contribution in [1.82, 2.24) is 19.8 Å². The SMILES string of the molecule is CCOC(=O)C1=C(CN2CCN(S(=O)(=O)c3ccc(C)cc3)CC2)NC(=O)NC1c1ccco1. The molecule has 2 N–H and O–H groups in total. The Bertz CT molecular complexity index is 1170. The van der Waals surface area contributed by atoms with Gasteiger partial charge in [-0.05, 0) is 38.1 Å². The largest absolute Gasteiger partial charge is 0.467 e. The summed E-state index contributed by atoms with van der Waals surface area (Å²) in [5.41, 5.74) is 1.68. The maximum absolute atomic E-state index is 13.0. The maximum Gasteiger partial charge on any atom is 0.338 e. The Hall–Kier alpha value is -3.15. The molecule has 2 aromatic rings. The molecular weight excluding hydrogens is 460 g/mol. The lowest BCUT2D eigenvalue weighted by Gasteiger charge is -2.36. The van der Waals surface area contributed by atoms with E-state index in [-0.39, 0.29) is 23.6 Å². The molecule has 0 spiro atoms. The molecule has 1 saturated heterocycles. The minimum atomic E-state index is -3.59. The second kappa shape index (κ2) is 10.00. The number of piperazine rings is 1. The number of sulfonamides is 1. The molecule has 1 atom stereocenters. The lowest BCUT2D eigenvalue weighted by atomic mass is 9.99. The van der Waals surface area contributed by atoms with Gasteiger partial charge < -0.3 is 19.8 Å². The van der Waals surface area contributed by atoms with Gasteiger partial charge in [0.15, 0.2) is 0 Å². The zero-order chi connectivity index (χ0) is 24.3. The molecule has 10 nitrogen and oxygen atoms in total. The van der Waals surface area contributed by atoms with Crippen LogP contribution in [0.3, 0.4) is 0 Å². The molecule has 1 fully saturated rings. The van der Waals surface area contributed by atoms with Crippen LogP contribution in [0.25, 0.3) is 0 Å². The average Bonchev–Trinajstić information content (AvgIpc) is 3.34. The van der Waals surface area contributed by atoms with Gasteiger partial charge in [0.05, 0.1) is 23.3 Å². The molecule has 0 aliphatic carbocycles. The minimum absolute atomic E-state index is 0.185. The number of nitrogens with zero attached hydrogens (tertiary/aromatic N) is 2. The van der Waals surface area contributed by atoms with E-state index in [2.05, 4.69) is 10.6 Å². The number of furan rings is 1. The van der Waals surface area contributed by atoms with Crippen LogP contribution in [0.5, 0.6) is 0 Å². The highest BCUT2D eigenvalue weighted by Gasteiger charge is 2.36. The maximum atomic E-state index is 13.0. The van der Waals surface area contributed by atoms with Gasteiger partial charge in [0.2, 0.25) is 10.0 Å². The first-order chi connectivity index (χ1) is 16.3. The van der Waals surface area contributed by atoms with Crippen LogP contribution in [-0.4, -0.2) is 69.0 Å². The molecule has 1 unspecified atom stereocenters. The predicted octanol–water partition coefficient (Wildman–Crippen LogP) is 1.77. The van der Waals surface area contributed by atoms with E-state index in [0.29, 0.717) is 37.6 Å². The van der Waals surface area contributed by atoms with Crippen LogP contribution in [0.15, 0.2) is 63.2 Å². The van der Waals surface area contributed by atoms with Gasteiger partial charge in [-0.1, -0.05) is 17.7 Å². The van der Waals surface area contributed by atoms with Crippen LogP contribution >= 0.6 is 0 Å².